The van der Waals surface area contributed by atoms with Crippen LogP contribution in [0.5, 0.6) is 0 Å². The fraction of sp³-hybridized carbons (Fsp3) is 0.444. The van der Waals surface area contributed by atoms with Crippen LogP contribution in [0.25, 0.3) is 11.1 Å². The van der Waals surface area contributed by atoms with E-state index in [0.717, 1.165) is 48.9 Å². The lowest BCUT2D eigenvalue weighted by Crippen LogP contribution is -2.37. The Morgan fingerprint density at radius 3 is 2.54 bits per heavy atom. The Bertz CT molecular complexity index is 1130. The van der Waals surface area contributed by atoms with Gasteiger partial charge >= 0.3 is 0 Å². The number of likely N-dealkylation sites (tertiary alicyclic amines) is 1. The van der Waals surface area contributed by atoms with Gasteiger partial charge in [0.15, 0.2) is 0 Å². The van der Waals surface area contributed by atoms with Gasteiger partial charge < -0.3 is 9.84 Å². The molecule has 8 heteroatoms. The number of aryl methyl sites for hydroxylation is 2. The lowest BCUT2D eigenvalue weighted by Gasteiger charge is -2.32. The standard InChI is InChI=1S/C27H33N5O3/c1-17-26(18(2)35-31-17)21-5-3-20(4-6-21)24-13-25(24)29-14-19-9-11-32(12-10-19)16-23-8-7-22(15-28-23)27(33)30-34/h3-8,15,19,24-25,29,34H,9-14,16H2,1-2H3,(H,30,33). The first-order valence-electron chi connectivity index (χ1n) is 12.4. The van der Waals surface area contributed by atoms with E-state index in [9.17, 15) is 4.79 Å². The minimum absolute atomic E-state index is 0.357. The number of amides is 1. The first kappa shape index (κ1) is 23.7. The minimum atomic E-state index is -0.538. The highest BCUT2D eigenvalue weighted by atomic mass is 16.5. The zero-order valence-corrected chi connectivity index (χ0v) is 20.3. The maximum absolute atomic E-state index is 11.4. The van der Waals surface area contributed by atoms with Crippen LogP contribution in [-0.2, 0) is 6.54 Å². The van der Waals surface area contributed by atoms with Crippen LogP contribution < -0.4 is 10.8 Å². The number of rotatable bonds is 8. The molecule has 1 amide bonds. The first-order chi connectivity index (χ1) is 17.0. The molecule has 0 radical (unpaired) electrons. The van der Waals surface area contributed by atoms with Crippen molar-refractivity contribution >= 4 is 5.91 Å². The highest BCUT2D eigenvalue weighted by Gasteiger charge is 2.38. The van der Waals surface area contributed by atoms with Crippen LogP contribution in [0.3, 0.4) is 0 Å². The van der Waals surface area contributed by atoms with Gasteiger partial charge in [0, 0.05) is 30.3 Å². The fourth-order valence-corrected chi connectivity index (χ4v) is 5.19. The Morgan fingerprint density at radius 1 is 1.14 bits per heavy atom. The number of carbonyl (C=O) groups excluding carboxylic acids is 1. The van der Waals surface area contributed by atoms with E-state index < -0.39 is 5.91 Å². The molecular formula is C27H33N5O3. The molecule has 3 aromatic rings. The number of nitrogens with one attached hydrogen (secondary N) is 2. The summed E-state index contributed by atoms with van der Waals surface area (Å²) in [5, 5.41) is 16.6. The van der Waals surface area contributed by atoms with Gasteiger partial charge in [-0.15, -0.1) is 0 Å². The Morgan fingerprint density at radius 2 is 1.91 bits per heavy atom. The second-order valence-electron chi connectivity index (χ2n) is 9.88. The van der Waals surface area contributed by atoms with Gasteiger partial charge in [0.05, 0.1) is 17.0 Å². The van der Waals surface area contributed by atoms with Crippen LogP contribution >= 0.6 is 0 Å². The van der Waals surface area contributed by atoms with Gasteiger partial charge in [-0.1, -0.05) is 29.4 Å². The topological polar surface area (TPSA) is 104 Å². The lowest BCUT2D eigenvalue weighted by atomic mass is 9.96. The Hall–Kier alpha value is -3.07. The van der Waals surface area contributed by atoms with Crippen molar-refractivity contribution in [2.45, 2.75) is 51.6 Å². The number of piperidine rings is 1. The Balaban J connectivity index is 1.04. The third kappa shape index (κ3) is 5.45. The number of hydrogen-bond donors (Lipinski definition) is 3. The molecule has 3 heterocycles. The van der Waals surface area contributed by atoms with E-state index in [1.807, 2.05) is 19.9 Å². The van der Waals surface area contributed by atoms with E-state index in [4.69, 9.17) is 9.73 Å². The zero-order chi connectivity index (χ0) is 24.4. The summed E-state index contributed by atoms with van der Waals surface area (Å²) in [7, 11) is 0. The van der Waals surface area contributed by atoms with Crippen LogP contribution in [0.15, 0.2) is 47.1 Å². The predicted molar refractivity (Wildman–Crippen MR) is 132 cm³/mol. The average molecular weight is 476 g/mol. The smallest absolute Gasteiger partial charge is 0.276 e. The quantitative estimate of drug-likeness (QED) is 0.336. The molecule has 5 rings (SSSR count). The van der Waals surface area contributed by atoms with Crippen LogP contribution in [0.4, 0.5) is 0 Å². The third-order valence-electron chi connectivity index (χ3n) is 7.40. The summed E-state index contributed by atoms with van der Waals surface area (Å²) in [5.74, 6) is 1.64. The minimum Gasteiger partial charge on any atom is -0.361 e. The average Bonchev–Trinajstić information content (AvgIpc) is 3.59. The summed E-state index contributed by atoms with van der Waals surface area (Å²) in [6, 6.07) is 13.0. The van der Waals surface area contributed by atoms with Crippen molar-refractivity contribution in [3.8, 4) is 11.1 Å². The van der Waals surface area contributed by atoms with Gasteiger partial charge in [0.25, 0.3) is 5.91 Å². The summed E-state index contributed by atoms with van der Waals surface area (Å²) in [6.45, 7) is 7.93. The van der Waals surface area contributed by atoms with E-state index in [-0.39, 0.29) is 0 Å². The molecule has 2 fully saturated rings. The second kappa shape index (κ2) is 10.3. The van der Waals surface area contributed by atoms with E-state index >= 15 is 0 Å². The molecule has 1 aromatic carbocycles. The highest BCUT2D eigenvalue weighted by molar-refractivity contribution is 5.92. The van der Waals surface area contributed by atoms with Crippen molar-refractivity contribution in [1.82, 2.24) is 25.8 Å². The number of hydroxylamine groups is 1. The molecule has 184 valence electrons. The monoisotopic (exact) mass is 475 g/mol. The number of benzene rings is 1. The molecule has 0 bridgehead atoms. The molecule has 1 aliphatic carbocycles. The lowest BCUT2D eigenvalue weighted by molar-refractivity contribution is 0.0706. The van der Waals surface area contributed by atoms with Gasteiger partial charge in [0.2, 0.25) is 0 Å². The molecular weight excluding hydrogens is 442 g/mol. The molecule has 1 saturated heterocycles. The zero-order valence-electron chi connectivity index (χ0n) is 20.3. The van der Waals surface area contributed by atoms with E-state index in [1.165, 1.54) is 36.6 Å². The van der Waals surface area contributed by atoms with Crippen molar-refractivity contribution in [3.63, 3.8) is 0 Å². The molecule has 2 atom stereocenters. The predicted octanol–water partition coefficient (Wildman–Crippen LogP) is 3.83. The van der Waals surface area contributed by atoms with Gasteiger partial charge in [-0.3, -0.25) is 19.9 Å². The molecule has 2 unspecified atom stereocenters. The van der Waals surface area contributed by atoms with Crippen molar-refractivity contribution in [1.29, 1.82) is 0 Å². The van der Waals surface area contributed by atoms with Crippen molar-refractivity contribution in [2.75, 3.05) is 19.6 Å². The maximum Gasteiger partial charge on any atom is 0.276 e. The van der Waals surface area contributed by atoms with Gasteiger partial charge in [-0.2, -0.15) is 0 Å². The van der Waals surface area contributed by atoms with E-state index in [1.54, 1.807) is 11.5 Å². The molecule has 2 aromatic heterocycles. The molecule has 1 saturated carbocycles. The number of hydrogen-bond acceptors (Lipinski definition) is 7. The van der Waals surface area contributed by atoms with Gasteiger partial charge in [-0.05, 0) is 81.9 Å². The normalized spacial score (nSPS) is 20.7. The number of pyridine rings is 1. The molecule has 8 nitrogen and oxygen atoms in total. The molecule has 1 aliphatic heterocycles. The summed E-state index contributed by atoms with van der Waals surface area (Å²) in [4.78, 5) is 18.2. The summed E-state index contributed by atoms with van der Waals surface area (Å²) in [6.07, 6.45) is 5.08. The first-order valence-corrected chi connectivity index (χ1v) is 12.4. The fourth-order valence-electron chi connectivity index (χ4n) is 5.19. The van der Waals surface area contributed by atoms with Crippen molar-refractivity contribution in [3.05, 3.63) is 70.9 Å². The third-order valence-corrected chi connectivity index (χ3v) is 7.40. The van der Waals surface area contributed by atoms with Crippen molar-refractivity contribution < 1.29 is 14.5 Å². The number of nitrogens with zero attached hydrogens (tertiary/aromatic N) is 3. The molecule has 35 heavy (non-hydrogen) atoms. The van der Waals surface area contributed by atoms with Crippen LogP contribution in [0.2, 0.25) is 0 Å². The largest absolute Gasteiger partial charge is 0.361 e. The number of carbonyl (C=O) groups is 1. The number of aromatic nitrogens is 2. The van der Waals surface area contributed by atoms with Gasteiger partial charge in [0.1, 0.15) is 5.76 Å². The van der Waals surface area contributed by atoms with Gasteiger partial charge in [-0.25, -0.2) is 5.48 Å². The molecule has 0 spiro atoms. The molecule has 3 N–H and O–H groups in total. The van der Waals surface area contributed by atoms with Crippen LogP contribution in [0.1, 0.15) is 58.2 Å². The summed E-state index contributed by atoms with van der Waals surface area (Å²) >= 11 is 0. The van der Waals surface area contributed by atoms with Crippen LogP contribution in [0, 0.1) is 19.8 Å². The Kier molecular flexibility index (Phi) is 6.95. The maximum atomic E-state index is 11.4. The molecule has 2 aliphatic rings. The highest BCUT2D eigenvalue weighted by Crippen LogP contribution is 2.41. The van der Waals surface area contributed by atoms with Crippen molar-refractivity contribution in [2.24, 2.45) is 5.92 Å². The van der Waals surface area contributed by atoms with E-state index in [0.29, 0.717) is 23.4 Å². The second-order valence-corrected chi connectivity index (χ2v) is 9.88. The Labute approximate surface area is 205 Å². The summed E-state index contributed by atoms with van der Waals surface area (Å²) < 4.78 is 5.31. The van der Waals surface area contributed by atoms with E-state index in [2.05, 4.69) is 44.6 Å². The summed E-state index contributed by atoms with van der Waals surface area (Å²) in [5.41, 5.74) is 7.55. The SMILES string of the molecule is Cc1noc(C)c1-c1ccc(C2CC2NCC2CCN(Cc3ccc(C(=O)NO)cn3)CC2)cc1. The van der Waals surface area contributed by atoms with Crippen LogP contribution in [-0.4, -0.2) is 51.8 Å².